The van der Waals surface area contributed by atoms with E-state index in [2.05, 4.69) is 23.3 Å². The summed E-state index contributed by atoms with van der Waals surface area (Å²) in [5, 5.41) is 2.15. The van der Waals surface area contributed by atoms with Crippen LogP contribution >= 0.6 is 11.3 Å². The minimum Gasteiger partial charge on any atom is -0.340 e. The van der Waals surface area contributed by atoms with E-state index in [1.807, 2.05) is 45.4 Å². The summed E-state index contributed by atoms with van der Waals surface area (Å²) in [5.41, 5.74) is 3.12. The molecule has 0 saturated heterocycles. The van der Waals surface area contributed by atoms with Crippen molar-refractivity contribution in [2.75, 3.05) is 34.2 Å². The Kier molecular flexibility index (Phi) is 5.15. The summed E-state index contributed by atoms with van der Waals surface area (Å²) in [6.07, 6.45) is 0. The minimum atomic E-state index is 0.0740. The van der Waals surface area contributed by atoms with Crippen molar-refractivity contribution in [3.8, 4) is 11.1 Å². The molecule has 0 saturated carbocycles. The Morgan fingerprint density at radius 3 is 2.24 bits per heavy atom. The fourth-order valence-corrected chi connectivity index (χ4v) is 2.78. The van der Waals surface area contributed by atoms with Crippen LogP contribution in [0, 0.1) is 6.92 Å². The Morgan fingerprint density at radius 2 is 1.71 bits per heavy atom. The highest BCUT2D eigenvalue weighted by atomic mass is 32.1. The average molecular weight is 302 g/mol. The van der Waals surface area contributed by atoms with Crippen LogP contribution in [0.2, 0.25) is 0 Å². The molecule has 0 spiro atoms. The zero-order valence-electron chi connectivity index (χ0n) is 13.1. The summed E-state index contributed by atoms with van der Waals surface area (Å²) >= 11 is 1.74. The van der Waals surface area contributed by atoms with E-state index in [1.165, 1.54) is 10.4 Å². The molecule has 0 aliphatic rings. The van der Waals surface area contributed by atoms with Crippen LogP contribution in [-0.4, -0.2) is 49.9 Å². The van der Waals surface area contributed by atoms with E-state index < -0.39 is 0 Å². The monoisotopic (exact) mass is 302 g/mol. The lowest BCUT2D eigenvalue weighted by Gasteiger charge is -2.19. The van der Waals surface area contributed by atoms with Gasteiger partial charge in [0, 0.05) is 30.6 Å². The van der Waals surface area contributed by atoms with Crippen molar-refractivity contribution < 1.29 is 4.79 Å². The summed E-state index contributed by atoms with van der Waals surface area (Å²) in [6, 6.07) is 10.0. The van der Waals surface area contributed by atoms with Gasteiger partial charge in [0.1, 0.15) is 0 Å². The molecule has 0 bridgehead atoms. The Labute approximate surface area is 130 Å². The Balaban J connectivity index is 2.06. The molecule has 0 fully saturated rings. The SMILES string of the molecule is Cc1cc(-c2ccc(C(=O)N(C)CCN(C)C)cc2)cs1. The molecule has 0 aliphatic heterocycles. The first-order valence-electron chi connectivity index (χ1n) is 7.03. The van der Waals surface area contributed by atoms with Crippen LogP contribution in [0.15, 0.2) is 35.7 Å². The molecule has 2 rings (SSSR count). The van der Waals surface area contributed by atoms with E-state index in [4.69, 9.17) is 0 Å². The molecule has 4 heteroatoms. The molecule has 2 aromatic rings. The second kappa shape index (κ2) is 6.87. The first-order valence-corrected chi connectivity index (χ1v) is 7.91. The summed E-state index contributed by atoms with van der Waals surface area (Å²) in [4.78, 5) is 17.5. The van der Waals surface area contributed by atoms with Gasteiger partial charge in [-0.2, -0.15) is 0 Å². The van der Waals surface area contributed by atoms with Gasteiger partial charge >= 0.3 is 0 Å². The van der Waals surface area contributed by atoms with Crippen molar-refractivity contribution in [1.82, 2.24) is 9.80 Å². The Bertz CT molecular complexity index is 602. The zero-order chi connectivity index (χ0) is 15.4. The molecule has 1 aromatic carbocycles. The molecular weight excluding hydrogens is 280 g/mol. The molecule has 0 radical (unpaired) electrons. The van der Waals surface area contributed by atoms with Gasteiger partial charge in [-0.1, -0.05) is 12.1 Å². The Morgan fingerprint density at radius 1 is 1.05 bits per heavy atom. The average Bonchev–Trinajstić information content (AvgIpc) is 2.90. The third kappa shape index (κ3) is 4.16. The summed E-state index contributed by atoms with van der Waals surface area (Å²) in [6.45, 7) is 3.71. The van der Waals surface area contributed by atoms with Gasteiger partial charge in [-0.25, -0.2) is 0 Å². The maximum atomic E-state index is 12.3. The van der Waals surface area contributed by atoms with E-state index >= 15 is 0 Å². The van der Waals surface area contributed by atoms with Gasteiger partial charge in [-0.3, -0.25) is 4.79 Å². The third-order valence-corrected chi connectivity index (χ3v) is 4.29. The first-order chi connectivity index (χ1) is 9.97. The largest absolute Gasteiger partial charge is 0.340 e. The van der Waals surface area contributed by atoms with Crippen molar-refractivity contribution in [2.45, 2.75) is 6.92 Å². The highest BCUT2D eigenvalue weighted by molar-refractivity contribution is 7.10. The van der Waals surface area contributed by atoms with Crippen molar-refractivity contribution in [3.05, 3.63) is 46.2 Å². The normalized spacial score (nSPS) is 10.9. The number of benzene rings is 1. The lowest BCUT2D eigenvalue weighted by molar-refractivity contribution is 0.0786. The van der Waals surface area contributed by atoms with Crippen LogP contribution in [0.3, 0.4) is 0 Å². The number of likely N-dealkylation sites (N-methyl/N-ethyl adjacent to an activating group) is 2. The molecule has 3 nitrogen and oxygen atoms in total. The predicted octanol–water partition coefficient (Wildman–Crippen LogP) is 3.36. The maximum absolute atomic E-state index is 12.3. The second-order valence-electron chi connectivity index (χ2n) is 5.55. The van der Waals surface area contributed by atoms with E-state index in [0.717, 1.165) is 24.2 Å². The van der Waals surface area contributed by atoms with E-state index in [1.54, 1.807) is 16.2 Å². The van der Waals surface area contributed by atoms with Crippen molar-refractivity contribution in [1.29, 1.82) is 0 Å². The van der Waals surface area contributed by atoms with Crippen LogP contribution in [0.5, 0.6) is 0 Å². The highest BCUT2D eigenvalue weighted by Gasteiger charge is 2.11. The van der Waals surface area contributed by atoms with E-state index in [9.17, 15) is 4.79 Å². The Hall–Kier alpha value is -1.65. The van der Waals surface area contributed by atoms with Crippen molar-refractivity contribution in [3.63, 3.8) is 0 Å². The van der Waals surface area contributed by atoms with Gasteiger partial charge in [-0.15, -0.1) is 11.3 Å². The van der Waals surface area contributed by atoms with Gasteiger partial charge < -0.3 is 9.80 Å². The molecule has 21 heavy (non-hydrogen) atoms. The fraction of sp³-hybridized carbons (Fsp3) is 0.353. The summed E-state index contributed by atoms with van der Waals surface area (Å²) < 4.78 is 0. The van der Waals surface area contributed by atoms with Gasteiger partial charge in [0.25, 0.3) is 5.91 Å². The molecule has 112 valence electrons. The van der Waals surface area contributed by atoms with Crippen LogP contribution in [0.4, 0.5) is 0 Å². The number of rotatable bonds is 5. The summed E-state index contributed by atoms with van der Waals surface area (Å²) in [5.74, 6) is 0.0740. The molecule has 1 aromatic heterocycles. The number of hydrogen-bond donors (Lipinski definition) is 0. The standard InChI is InChI=1S/C17H22N2OS/c1-13-11-16(12-21-13)14-5-7-15(8-6-14)17(20)19(4)10-9-18(2)3/h5-8,11-12H,9-10H2,1-4H3. The molecule has 1 amide bonds. The lowest BCUT2D eigenvalue weighted by Crippen LogP contribution is -2.33. The number of aryl methyl sites for hydroxylation is 1. The van der Waals surface area contributed by atoms with E-state index in [-0.39, 0.29) is 5.91 Å². The number of carbonyl (C=O) groups is 1. The number of amides is 1. The molecular formula is C17H22N2OS. The molecule has 0 atom stereocenters. The van der Waals surface area contributed by atoms with Gasteiger partial charge in [0.15, 0.2) is 0 Å². The van der Waals surface area contributed by atoms with Crippen molar-refractivity contribution >= 4 is 17.2 Å². The van der Waals surface area contributed by atoms with Gasteiger partial charge in [-0.05, 0) is 55.7 Å². The first kappa shape index (κ1) is 15.7. The molecule has 0 aliphatic carbocycles. The molecule has 1 heterocycles. The quantitative estimate of drug-likeness (QED) is 0.845. The summed E-state index contributed by atoms with van der Waals surface area (Å²) in [7, 11) is 5.87. The van der Waals surface area contributed by atoms with E-state index in [0.29, 0.717) is 0 Å². The second-order valence-corrected chi connectivity index (χ2v) is 6.67. The maximum Gasteiger partial charge on any atom is 0.253 e. The minimum absolute atomic E-state index is 0.0740. The highest BCUT2D eigenvalue weighted by Crippen LogP contribution is 2.25. The van der Waals surface area contributed by atoms with Crippen LogP contribution in [0.25, 0.3) is 11.1 Å². The molecule has 0 N–H and O–H groups in total. The van der Waals surface area contributed by atoms with Gasteiger partial charge in [0.2, 0.25) is 0 Å². The predicted molar refractivity (Wildman–Crippen MR) is 90.0 cm³/mol. The number of hydrogen-bond acceptors (Lipinski definition) is 3. The number of carbonyl (C=O) groups excluding carboxylic acids is 1. The zero-order valence-corrected chi connectivity index (χ0v) is 13.9. The lowest BCUT2D eigenvalue weighted by atomic mass is 10.1. The molecule has 0 unspecified atom stereocenters. The number of nitrogens with zero attached hydrogens (tertiary/aromatic N) is 2. The van der Waals surface area contributed by atoms with Crippen LogP contribution in [-0.2, 0) is 0 Å². The third-order valence-electron chi connectivity index (χ3n) is 3.43. The van der Waals surface area contributed by atoms with Crippen LogP contribution < -0.4 is 0 Å². The number of thiophene rings is 1. The fourth-order valence-electron chi connectivity index (χ4n) is 2.07. The topological polar surface area (TPSA) is 23.6 Å². The van der Waals surface area contributed by atoms with Crippen LogP contribution in [0.1, 0.15) is 15.2 Å². The smallest absolute Gasteiger partial charge is 0.253 e. The van der Waals surface area contributed by atoms with Gasteiger partial charge in [0.05, 0.1) is 0 Å². The van der Waals surface area contributed by atoms with Crippen molar-refractivity contribution in [2.24, 2.45) is 0 Å².